The van der Waals surface area contributed by atoms with E-state index in [-0.39, 0.29) is 30.4 Å². The van der Waals surface area contributed by atoms with Crippen LogP contribution in [0.4, 0.5) is 23.4 Å². The molecule has 0 fully saturated rings. The van der Waals surface area contributed by atoms with Crippen molar-refractivity contribution in [1.82, 2.24) is 14.9 Å². The molecule has 1 atom stereocenters. The Labute approximate surface area is 222 Å². The summed E-state index contributed by atoms with van der Waals surface area (Å²) in [6.07, 6.45) is 0.295. The number of hydrogen-bond donors (Lipinski definition) is 0. The van der Waals surface area contributed by atoms with Gasteiger partial charge in [0, 0.05) is 44.0 Å². The molecule has 0 radical (unpaired) electrons. The molecular formula is C28H36F4N4O2. The number of nitrogens with zero attached hydrogens (tertiary/aromatic N) is 4. The number of halogens is 4. The Bertz CT molecular complexity index is 1120. The van der Waals surface area contributed by atoms with E-state index in [9.17, 15) is 22.4 Å². The zero-order chi connectivity index (χ0) is 28.9. The van der Waals surface area contributed by atoms with Crippen LogP contribution in [-0.2, 0) is 6.18 Å². The number of carbonyl (C=O) groups excluding carboxylic acids is 1. The zero-order valence-corrected chi connectivity index (χ0v) is 23.0. The summed E-state index contributed by atoms with van der Waals surface area (Å²) >= 11 is 0. The molecule has 208 valence electrons. The number of pyridine rings is 2. The molecule has 2 aromatic rings. The van der Waals surface area contributed by atoms with Crippen LogP contribution in [0.5, 0.6) is 5.88 Å². The first-order valence-electron chi connectivity index (χ1n) is 12.6. The normalized spacial score (nSPS) is 11.9. The third-order valence-corrected chi connectivity index (χ3v) is 5.36. The third kappa shape index (κ3) is 9.05. The molecule has 0 spiro atoms. The standard InChI is InChI=1S/C26H30F4N4O2.C2H6/c1-6-9-10-11-21(7-2)33(5)24-22(14-20(27)16-32-24)25(35)34(8-3)18(4)17-36-23-13-12-19(15-31-23)26(28,29)30;1-2/h11-16,18H,6-8,17H2,1-5H3;1-2H3/b21-11-;. The van der Waals surface area contributed by atoms with Gasteiger partial charge >= 0.3 is 6.18 Å². The second kappa shape index (κ2) is 15.6. The lowest BCUT2D eigenvalue weighted by atomic mass is 10.1. The minimum Gasteiger partial charge on any atom is -0.475 e. The number of likely N-dealkylation sites (N-methyl/N-ethyl adjacent to an activating group) is 1. The largest absolute Gasteiger partial charge is 0.475 e. The Morgan fingerprint density at radius 3 is 2.37 bits per heavy atom. The van der Waals surface area contributed by atoms with Gasteiger partial charge in [0.2, 0.25) is 5.88 Å². The van der Waals surface area contributed by atoms with Gasteiger partial charge in [0.15, 0.2) is 0 Å². The van der Waals surface area contributed by atoms with Crippen LogP contribution in [0.1, 0.15) is 70.3 Å². The van der Waals surface area contributed by atoms with Crippen molar-refractivity contribution in [2.45, 2.75) is 66.6 Å². The molecule has 1 amide bonds. The van der Waals surface area contributed by atoms with Crippen molar-refractivity contribution >= 4 is 11.7 Å². The van der Waals surface area contributed by atoms with Crippen molar-refractivity contribution in [2.75, 3.05) is 25.1 Å². The fraction of sp³-hybridized carbons (Fsp3) is 0.464. The van der Waals surface area contributed by atoms with Crippen LogP contribution < -0.4 is 9.64 Å². The number of ether oxygens (including phenoxy) is 1. The molecule has 2 rings (SSSR count). The highest BCUT2D eigenvalue weighted by Gasteiger charge is 2.31. The van der Waals surface area contributed by atoms with E-state index >= 15 is 0 Å². The molecule has 0 saturated heterocycles. The first-order valence-corrected chi connectivity index (χ1v) is 12.6. The minimum absolute atomic E-state index is 0.00268. The lowest BCUT2D eigenvalue weighted by Crippen LogP contribution is -2.42. The van der Waals surface area contributed by atoms with E-state index in [0.717, 1.165) is 30.1 Å². The Hall–Kier alpha value is -3.61. The number of alkyl halides is 3. The van der Waals surface area contributed by atoms with Crippen LogP contribution in [0.3, 0.4) is 0 Å². The molecule has 6 nitrogen and oxygen atoms in total. The lowest BCUT2D eigenvalue weighted by molar-refractivity contribution is -0.137. The van der Waals surface area contributed by atoms with Gasteiger partial charge in [0.05, 0.1) is 23.4 Å². The van der Waals surface area contributed by atoms with Crippen molar-refractivity contribution in [3.63, 3.8) is 0 Å². The molecule has 1 unspecified atom stereocenters. The van der Waals surface area contributed by atoms with Crippen molar-refractivity contribution in [3.8, 4) is 17.7 Å². The molecule has 38 heavy (non-hydrogen) atoms. The Balaban J connectivity index is 0.00000352. The summed E-state index contributed by atoms with van der Waals surface area (Å²) in [6.45, 7) is 11.6. The highest BCUT2D eigenvalue weighted by Crippen LogP contribution is 2.29. The van der Waals surface area contributed by atoms with Crippen LogP contribution in [0.25, 0.3) is 0 Å². The van der Waals surface area contributed by atoms with E-state index in [1.165, 1.54) is 4.90 Å². The van der Waals surface area contributed by atoms with Crippen molar-refractivity contribution in [2.24, 2.45) is 0 Å². The van der Waals surface area contributed by atoms with E-state index < -0.39 is 29.5 Å². The fourth-order valence-corrected chi connectivity index (χ4v) is 3.40. The molecule has 0 aromatic carbocycles. The Kier molecular flexibility index (Phi) is 13.3. The summed E-state index contributed by atoms with van der Waals surface area (Å²) in [6, 6.07) is 2.64. The van der Waals surface area contributed by atoms with Crippen LogP contribution in [0.15, 0.2) is 42.4 Å². The summed E-state index contributed by atoms with van der Waals surface area (Å²) in [5.74, 6) is 5.08. The number of amides is 1. The van der Waals surface area contributed by atoms with E-state index in [0.29, 0.717) is 19.0 Å². The smallest absolute Gasteiger partial charge is 0.417 e. The second-order valence-corrected chi connectivity index (χ2v) is 7.88. The summed E-state index contributed by atoms with van der Waals surface area (Å²) in [4.78, 5) is 24.5. The molecule has 0 bridgehead atoms. The quantitative estimate of drug-likeness (QED) is 0.263. The van der Waals surface area contributed by atoms with Gasteiger partial charge in [-0.3, -0.25) is 4.79 Å². The topological polar surface area (TPSA) is 58.6 Å². The zero-order valence-electron chi connectivity index (χ0n) is 23.0. The summed E-state index contributed by atoms with van der Waals surface area (Å²) in [5, 5.41) is 0. The molecule has 0 N–H and O–H groups in total. The maximum atomic E-state index is 14.2. The predicted octanol–water partition coefficient (Wildman–Crippen LogP) is 6.73. The molecule has 2 aromatic heterocycles. The predicted molar refractivity (Wildman–Crippen MR) is 141 cm³/mol. The van der Waals surface area contributed by atoms with Crippen LogP contribution >= 0.6 is 0 Å². The van der Waals surface area contributed by atoms with Crippen LogP contribution in [0.2, 0.25) is 0 Å². The number of rotatable bonds is 9. The third-order valence-electron chi connectivity index (χ3n) is 5.36. The average Bonchev–Trinajstić information content (AvgIpc) is 2.90. The van der Waals surface area contributed by atoms with Gasteiger partial charge in [-0.25, -0.2) is 14.4 Å². The summed E-state index contributed by atoms with van der Waals surface area (Å²) in [7, 11) is 1.74. The Morgan fingerprint density at radius 2 is 1.84 bits per heavy atom. The van der Waals surface area contributed by atoms with E-state index in [1.807, 2.05) is 27.7 Å². The number of anilines is 1. The van der Waals surface area contributed by atoms with Gasteiger partial charge < -0.3 is 14.5 Å². The van der Waals surface area contributed by atoms with Crippen LogP contribution in [0, 0.1) is 17.7 Å². The molecule has 0 saturated carbocycles. The van der Waals surface area contributed by atoms with Gasteiger partial charge in [-0.1, -0.05) is 39.5 Å². The molecule has 10 heteroatoms. The molecule has 0 aliphatic carbocycles. The van der Waals surface area contributed by atoms with E-state index in [2.05, 4.69) is 21.8 Å². The minimum atomic E-state index is -4.50. The average molecular weight is 537 g/mol. The first kappa shape index (κ1) is 32.4. The number of aromatic nitrogens is 2. The fourth-order valence-electron chi connectivity index (χ4n) is 3.40. The van der Waals surface area contributed by atoms with Gasteiger partial charge in [-0.15, -0.1) is 0 Å². The molecule has 0 aliphatic heterocycles. The lowest BCUT2D eigenvalue weighted by Gasteiger charge is -2.30. The highest BCUT2D eigenvalue weighted by atomic mass is 19.4. The maximum absolute atomic E-state index is 14.2. The number of carbonyl (C=O) groups is 1. The number of allylic oxidation sites excluding steroid dienone is 2. The summed E-state index contributed by atoms with van der Waals surface area (Å²) < 4.78 is 57.9. The SMILES string of the molecule is CC.CCC#C/C=C(/CC)N(C)c1ncc(F)cc1C(=O)N(CC)C(C)COc1ccc(C(F)(F)F)cn1. The highest BCUT2D eigenvalue weighted by molar-refractivity contribution is 5.99. The van der Waals surface area contributed by atoms with Crippen molar-refractivity contribution in [1.29, 1.82) is 0 Å². The second-order valence-electron chi connectivity index (χ2n) is 7.88. The van der Waals surface area contributed by atoms with Gasteiger partial charge in [0.1, 0.15) is 18.2 Å². The maximum Gasteiger partial charge on any atom is 0.417 e. The van der Waals surface area contributed by atoms with Gasteiger partial charge in [-0.2, -0.15) is 13.2 Å². The first-order chi connectivity index (χ1) is 18.0. The van der Waals surface area contributed by atoms with Crippen LogP contribution in [-0.4, -0.2) is 47.0 Å². The van der Waals surface area contributed by atoms with Crippen molar-refractivity contribution in [3.05, 3.63) is 59.3 Å². The van der Waals surface area contributed by atoms with E-state index in [1.54, 1.807) is 31.9 Å². The number of hydrogen-bond acceptors (Lipinski definition) is 5. The van der Waals surface area contributed by atoms with Crippen molar-refractivity contribution < 1.29 is 27.1 Å². The van der Waals surface area contributed by atoms with E-state index in [4.69, 9.17) is 4.74 Å². The van der Waals surface area contributed by atoms with Gasteiger partial charge in [-0.05, 0) is 32.4 Å². The molecular weight excluding hydrogens is 500 g/mol. The molecule has 0 aliphatic rings. The Morgan fingerprint density at radius 1 is 1.16 bits per heavy atom. The summed E-state index contributed by atoms with van der Waals surface area (Å²) in [5.41, 5.74) is -0.0109. The van der Waals surface area contributed by atoms with Gasteiger partial charge in [0.25, 0.3) is 5.91 Å². The molecule has 2 heterocycles. The monoisotopic (exact) mass is 536 g/mol.